The lowest BCUT2D eigenvalue weighted by atomic mass is 10.6. The zero-order valence-corrected chi connectivity index (χ0v) is 7.86. The van der Waals surface area contributed by atoms with Crippen molar-refractivity contribution in [1.29, 1.82) is 0 Å². The van der Waals surface area contributed by atoms with E-state index in [4.69, 9.17) is 5.73 Å². The van der Waals surface area contributed by atoms with E-state index in [2.05, 4.69) is 9.97 Å². The van der Waals surface area contributed by atoms with Crippen LogP contribution in [-0.2, 0) is 0 Å². The van der Waals surface area contributed by atoms with Gasteiger partial charge in [-0.25, -0.2) is 9.97 Å². The Morgan fingerprint density at radius 3 is 2.25 bits per heavy atom. The molecule has 0 spiro atoms. The first-order chi connectivity index (χ1) is 5.84. The fourth-order valence-corrected chi connectivity index (χ4v) is 0.570. The maximum Gasteiger partial charge on any atom is 0.226 e. The number of aromatic nitrogens is 2. The average Bonchev–Trinajstić information content (AvgIpc) is 2.21. The normalized spacial score (nSPS) is 8.33. The molecule has 68 valence electrons. The van der Waals surface area contributed by atoms with Crippen LogP contribution in [0.3, 0.4) is 0 Å². The zero-order valence-electron chi connectivity index (χ0n) is 7.86. The quantitative estimate of drug-likeness (QED) is 0.665. The highest BCUT2D eigenvalue weighted by molar-refractivity contribution is 5.25. The van der Waals surface area contributed by atoms with Crippen molar-refractivity contribution >= 4 is 5.95 Å². The minimum atomic E-state index is 0.435. The van der Waals surface area contributed by atoms with Gasteiger partial charge in [0.15, 0.2) is 0 Å². The Labute approximate surface area is 73.4 Å². The first kappa shape index (κ1) is 10.8. The van der Waals surface area contributed by atoms with Gasteiger partial charge in [-0.3, -0.25) is 0 Å². The molecule has 1 heterocycles. The third-order valence-corrected chi connectivity index (χ3v) is 1.17. The van der Waals surface area contributed by atoms with Gasteiger partial charge in [0.05, 0.1) is 6.67 Å². The monoisotopic (exact) mass is 168 g/mol. The summed E-state index contributed by atoms with van der Waals surface area (Å²) in [6.07, 6.45) is 3.38. The van der Waals surface area contributed by atoms with Crippen molar-refractivity contribution in [3.8, 4) is 0 Å². The largest absolute Gasteiger partial charge is 0.331 e. The Hall–Kier alpha value is -1.16. The van der Waals surface area contributed by atoms with Gasteiger partial charge < -0.3 is 10.6 Å². The Morgan fingerprint density at radius 2 is 1.83 bits per heavy atom. The van der Waals surface area contributed by atoms with Gasteiger partial charge in [0, 0.05) is 19.4 Å². The smallest absolute Gasteiger partial charge is 0.226 e. The van der Waals surface area contributed by atoms with Crippen molar-refractivity contribution in [3.63, 3.8) is 0 Å². The maximum absolute atomic E-state index is 5.35. The van der Waals surface area contributed by atoms with Crippen LogP contribution in [0.25, 0.3) is 0 Å². The van der Waals surface area contributed by atoms with Crippen molar-refractivity contribution in [2.45, 2.75) is 13.8 Å². The van der Waals surface area contributed by atoms with Crippen LogP contribution in [0.5, 0.6) is 0 Å². The summed E-state index contributed by atoms with van der Waals surface area (Å²) in [5.74, 6) is 0.657. The average molecular weight is 168 g/mol. The molecule has 0 saturated carbocycles. The van der Waals surface area contributed by atoms with E-state index in [1.54, 1.807) is 23.4 Å². The summed E-state index contributed by atoms with van der Waals surface area (Å²) < 4.78 is 0. The van der Waals surface area contributed by atoms with Crippen molar-refractivity contribution in [1.82, 2.24) is 9.97 Å². The van der Waals surface area contributed by atoms with E-state index < -0.39 is 0 Å². The summed E-state index contributed by atoms with van der Waals surface area (Å²) in [6.45, 7) is 4.43. The third-order valence-electron chi connectivity index (χ3n) is 1.17. The summed E-state index contributed by atoms with van der Waals surface area (Å²) >= 11 is 0. The van der Waals surface area contributed by atoms with Crippen molar-refractivity contribution in [3.05, 3.63) is 18.5 Å². The fraction of sp³-hybridized carbons (Fsp3) is 0.500. The molecule has 0 radical (unpaired) electrons. The fourth-order valence-electron chi connectivity index (χ4n) is 0.570. The number of hydrogen-bond acceptors (Lipinski definition) is 4. The van der Waals surface area contributed by atoms with Crippen LogP contribution in [0.15, 0.2) is 18.5 Å². The van der Waals surface area contributed by atoms with Crippen LogP contribution in [0, 0.1) is 0 Å². The molecule has 2 N–H and O–H groups in total. The lowest BCUT2D eigenvalue weighted by Crippen LogP contribution is -2.26. The predicted octanol–water partition coefficient (Wildman–Crippen LogP) is 0.855. The molecule has 1 aromatic heterocycles. The lowest BCUT2D eigenvalue weighted by molar-refractivity contribution is 0.877. The van der Waals surface area contributed by atoms with Gasteiger partial charge in [0.1, 0.15) is 0 Å². The van der Waals surface area contributed by atoms with Gasteiger partial charge in [0.2, 0.25) is 5.95 Å². The van der Waals surface area contributed by atoms with E-state index in [0.29, 0.717) is 12.6 Å². The highest BCUT2D eigenvalue weighted by atomic mass is 15.3. The zero-order chi connectivity index (χ0) is 9.40. The molecule has 0 amide bonds. The van der Waals surface area contributed by atoms with Crippen LogP contribution in [0.1, 0.15) is 13.8 Å². The van der Waals surface area contributed by atoms with E-state index in [0.717, 1.165) is 0 Å². The van der Waals surface area contributed by atoms with E-state index in [1.165, 1.54) is 0 Å². The first-order valence-electron chi connectivity index (χ1n) is 4.03. The molecule has 0 aromatic carbocycles. The topological polar surface area (TPSA) is 55.0 Å². The van der Waals surface area contributed by atoms with Gasteiger partial charge in [-0.15, -0.1) is 0 Å². The van der Waals surface area contributed by atoms with Gasteiger partial charge in [-0.05, 0) is 6.07 Å². The standard InChI is InChI=1S/C6H10N4.C2H6/c1-10(5-7)6-8-3-2-4-9-6;1-2/h2-4H,5,7H2,1H3;1-2H3. The molecular formula is C8H16N4. The van der Waals surface area contributed by atoms with Crippen LogP contribution in [-0.4, -0.2) is 23.7 Å². The predicted molar refractivity (Wildman–Crippen MR) is 50.8 cm³/mol. The minimum absolute atomic E-state index is 0.435. The molecule has 0 atom stereocenters. The molecule has 1 aromatic rings. The third kappa shape index (κ3) is 3.30. The summed E-state index contributed by atoms with van der Waals surface area (Å²) in [5, 5.41) is 0. The molecule has 0 unspecified atom stereocenters. The first-order valence-corrected chi connectivity index (χ1v) is 4.03. The van der Waals surface area contributed by atoms with Crippen molar-refractivity contribution in [2.24, 2.45) is 5.73 Å². The van der Waals surface area contributed by atoms with E-state index in [9.17, 15) is 0 Å². The minimum Gasteiger partial charge on any atom is -0.331 e. The summed E-state index contributed by atoms with van der Waals surface area (Å²) in [4.78, 5) is 9.73. The molecule has 0 aliphatic heterocycles. The van der Waals surface area contributed by atoms with Crippen LogP contribution >= 0.6 is 0 Å². The second-order valence-corrected chi connectivity index (χ2v) is 1.93. The number of hydrogen-bond donors (Lipinski definition) is 1. The number of nitrogens with two attached hydrogens (primary N) is 1. The Kier molecular flexibility index (Phi) is 5.91. The highest BCUT2D eigenvalue weighted by Gasteiger charge is 1.96. The van der Waals surface area contributed by atoms with Crippen LogP contribution < -0.4 is 10.6 Å². The lowest BCUT2D eigenvalue weighted by Gasteiger charge is -2.12. The molecule has 0 aliphatic carbocycles. The van der Waals surface area contributed by atoms with Gasteiger partial charge in [-0.1, -0.05) is 13.8 Å². The summed E-state index contributed by atoms with van der Waals surface area (Å²) in [7, 11) is 1.84. The number of nitrogens with zero attached hydrogens (tertiary/aromatic N) is 3. The highest BCUT2D eigenvalue weighted by Crippen LogP contribution is 1.97. The molecular weight excluding hydrogens is 152 g/mol. The molecule has 0 fully saturated rings. The Bertz CT molecular complexity index is 188. The van der Waals surface area contributed by atoms with Crippen molar-refractivity contribution in [2.75, 3.05) is 18.6 Å². The number of rotatable bonds is 2. The van der Waals surface area contributed by atoms with Gasteiger partial charge >= 0.3 is 0 Å². The van der Waals surface area contributed by atoms with E-state index in [-0.39, 0.29) is 0 Å². The molecule has 12 heavy (non-hydrogen) atoms. The summed E-state index contributed by atoms with van der Waals surface area (Å²) in [6, 6.07) is 1.77. The Morgan fingerprint density at radius 1 is 1.33 bits per heavy atom. The molecule has 0 saturated heterocycles. The number of anilines is 1. The maximum atomic E-state index is 5.35. The van der Waals surface area contributed by atoms with E-state index >= 15 is 0 Å². The SMILES string of the molecule is CC.CN(CN)c1ncccn1. The molecule has 1 rings (SSSR count). The van der Waals surface area contributed by atoms with E-state index in [1.807, 2.05) is 20.9 Å². The van der Waals surface area contributed by atoms with Crippen molar-refractivity contribution < 1.29 is 0 Å². The van der Waals surface area contributed by atoms with Crippen LogP contribution in [0.2, 0.25) is 0 Å². The van der Waals surface area contributed by atoms with Gasteiger partial charge in [-0.2, -0.15) is 0 Å². The molecule has 4 heteroatoms. The summed E-state index contributed by atoms with van der Waals surface area (Å²) in [5.41, 5.74) is 5.35. The second-order valence-electron chi connectivity index (χ2n) is 1.93. The molecule has 0 bridgehead atoms. The molecule has 4 nitrogen and oxygen atoms in total. The molecule has 0 aliphatic rings. The Balaban J connectivity index is 0.000000561. The second kappa shape index (κ2) is 6.54. The van der Waals surface area contributed by atoms with Crippen LogP contribution in [0.4, 0.5) is 5.95 Å². The van der Waals surface area contributed by atoms with Gasteiger partial charge in [0.25, 0.3) is 0 Å².